The normalized spacial score (nSPS) is 24.2. The Kier molecular flexibility index (Phi) is 4.72. The van der Waals surface area contributed by atoms with Crippen LogP contribution in [0.2, 0.25) is 5.02 Å². The number of rotatable bonds is 5. The lowest BCUT2D eigenvalue weighted by Crippen LogP contribution is -2.46. The van der Waals surface area contributed by atoms with E-state index in [1.807, 2.05) is 24.3 Å². The van der Waals surface area contributed by atoms with Gasteiger partial charge in [-0.25, -0.2) is 4.39 Å². The monoisotopic (exact) mass is 458 g/mol. The van der Waals surface area contributed by atoms with Gasteiger partial charge in [0.15, 0.2) is 5.82 Å². The van der Waals surface area contributed by atoms with Gasteiger partial charge in [0.2, 0.25) is 11.2 Å². The predicted octanol–water partition coefficient (Wildman–Crippen LogP) is 2.85. The molecule has 166 valence electrons. The smallest absolute Gasteiger partial charge is 0.266 e. The minimum absolute atomic E-state index is 0.00795. The van der Waals surface area contributed by atoms with E-state index in [0.29, 0.717) is 13.1 Å². The number of benzene rings is 1. The summed E-state index contributed by atoms with van der Waals surface area (Å²) in [4.78, 5) is 37.1. The van der Waals surface area contributed by atoms with Gasteiger partial charge in [0.1, 0.15) is 0 Å². The molecular formula is C22H20ClFN4O4. The fraction of sp³-hybridized carbons (Fsp3) is 0.364. The van der Waals surface area contributed by atoms with E-state index in [4.69, 9.17) is 17.3 Å². The Balaban J connectivity index is 1.68. The van der Waals surface area contributed by atoms with Crippen molar-refractivity contribution in [1.29, 1.82) is 0 Å². The van der Waals surface area contributed by atoms with E-state index < -0.39 is 34.0 Å². The van der Waals surface area contributed by atoms with Gasteiger partial charge in [-0.1, -0.05) is 35.9 Å². The SMILES string of the molecule is NC12C=CC=CC1CN(c1c(Cl)cc3c(=O)c(C(=O)C[N+](=O)[O-])cn(C4CC4)c3c1F)C2. The van der Waals surface area contributed by atoms with Gasteiger partial charge >= 0.3 is 0 Å². The van der Waals surface area contributed by atoms with Crippen molar-refractivity contribution < 1.29 is 14.1 Å². The Morgan fingerprint density at radius 1 is 1.38 bits per heavy atom. The topological polar surface area (TPSA) is 111 Å². The fourth-order valence-electron chi connectivity index (χ4n) is 4.70. The summed E-state index contributed by atoms with van der Waals surface area (Å²) in [6, 6.07) is 1.27. The number of pyridine rings is 1. The lowest BCUT2D eigenvalue weighted by molar-refractivity contribution is -0.465. The number of carbonyl (C=O) groups excluding carboxylic acids is 1. The molecule has 2 aliphatic carbocycles. The third-order valence-electron chi connectivity index (χ3n) is 6.45. The Morgan fingerprint density at radius 2 is 2.12 bits per heavy atom. The number of fused-ring (bicyclic) bond motifs is 2. The molecule has 10 heteroatoms. The summed E-state index contributed by atoms with van der Waals surface area (Å²) in [5, 5.41) is 10.8. The maximum atomic E-state index is 16.0. The van der Waals surface area contributed by atoms with Crippen LogP contribution in [0.1, 0.15) is 29.2 Å². The number of hydrogen-bond donors (Lipinski definition) is 1. The Labute approximate surface area is 186 Å². The zero-order valence-corrected chi connectivity index (χ0v) is 17.7. The van der Waals surface area contributed by atoms with Gasteiger partial charge < -0.3 is 15.2 Å². The second kappa shape index (κ2) is 7.25. The molecule has 1 aliphatic heterocycles. The predicted molar refractivity (Wildman–Crippen MR) is 119 cm³/mol. The van der Waals surface area contributed by atoms with E-state index in [1.54, 1.807) is 9.47 Å². The largest absolute Gasteiger partial charge is 0.365 e. The molecule has 2 heterocycles. The summed E-state index contributed by atoms with van der Waals surface area (Å²) in [6.45, 7) is -0.186. The molecule has 2 atom stereocenters. The summed E-state index contributed by atoms with van der Waals surface area (Å²) in [5.74, 6) is -1.57. The minimum Gasteiger partial charge on any atom is -0.365 e. The number of nitro groups is 1. The molecule has 5 rings (SSSR count). The van der Waals surface area contributed by atoms with Crippen LogP contribution >= 0.6 is 11.6 Å². The van der Waals surface area contributed by atoms with Crippen molar-refractivity contribution in [1.82, 2.24) is 4.57 Å². The lowest BCUT2D eigenvalue weighted by atomic mass is 9.85. The number of Topliss-reactive ketones (excluding diaryl/α,β-unsaturated/α-hetero) is 1. The Bertz CT molecular complexity index is 1300. The number of nitrogens with zero attached hydrogens (tertiary/aromatic N) is 3. The first-order valence-corrected chi connectivity index (χ1v) is 10.7. The highest BCUT2D eigenvalue weighted by Gasteiger charge is 2.43. The van der Waals surface area contributed by atoms with Gasteiger partial charge in [0.05, 0.1) is 32.7 Å². The van der Waals surface area contributed by atoms with E-state index in [9.17, 15) is 19.7 Å². The molecule has 1 aromatic heterocycles. The molecule has 2 fully saturated rings. The second-order valence-electron chi connectivity index (χ2n) is 8.68. The van der Waals surface area contributed by atoms with Crippen molar-refractivity contribution in [3.05, 3.63) is 73.3 Å². The summed E-state index contributed by atoms with van der Waals surface area (Å²) in [6.07, 6.45) is 10.4. The highest BCUT2D eigenvalue weighted by molar-refractivity contribution is 6.34. The Morgan fingerprint density at radius 3 is 2.78 bits per heavy atom. The van der Waals surface area contributed by atoms with E-state index >= 15 is 4.39 Å². The van der Waals surface area contributed by atoms with Gasteiger partial charge in [-0.3, -0.25) is 19.7 Å². The standard InChI is InChI=1S/C22H20ClFN4O4/c23-16-7-14-19(18(24)20(16)26-8-12-3-1-2-6-22(12,25)11-26)27(13-4-5-13)9-15(21(14)30)17(29)10-28(31)32/h1-3,6-7,9,12-13H,4-5,8,10-11,25H2. The van der Waals surface area contributed by atoms with E-state index in [-0.39, 0.29) is 39.1 Å². The molecule has 0 amide bonds. The fourth-order valence-corrected chi connectivity index (χ4v) is 5.01. The third-order valence-corrected chi connectivity index (χ3v) is 6.73. The van der Waals surface area contributed by atoms with Crippen LogP contribution in [0.3, 0.4) is 0 Å². The molecule has 1 saturated carbocycles. The molecule has 0 spiro atoms. The number of allylic oxidation sites excluding steroid dienone is 2. The van der Waals surface area contributed by atoms with Crippen molar-refractivity contribution in [2.45, 2.75) is 24.4 Å². The number of carbonyl (C=O) groups is 1. The zero-order chi connectivity index (χ0) is 22.8. The molecule has 1 saturated heterocycles. The molecular weight excluding hydrogens is 439 g/mol. The molecule has 2 unspecified atom stereocenters. The first kappa shape index (κ1) is 20.8. The average Bonchev–Trinajstić information content (AvgIpc) is 3.49. The molecule has 3 aliphatic rings. The van der Waals surface area contributed by atoms with Crippen LogP contribution in [-0.2, 0) is 0 Å². The van der Waals surface area contributed by atoms with Crippen molar-refractivity contribution in [3.63, 3.8) is 0 Å². The Hall–Kier alpha value is -3.04. The van der Waals surface area contributed by atoms with Gasteiger partial charge in [-0.15, -0.1) is 0 Å². The van der Waals surface area contributed by atoms with Gasteiger partial charge in [-0.05, 0) is 18.9 Å². The number of anilines is 1. The van der Waals surface area contributed by atoms with Crippen LogP contribution < -0.4 is 16.1 Å². The number of nitrogens with two attached hydrogens (primary N) is 1. The van der Waals surface area contributed by atoms with Crippen molar-refractivity contribution >= 4 is 34.0 Å². The lowest BCUT2D eigenvalue weighted by Gasteiger charge is -2.27. The maximum Gasteiger partial charge on any atom is 0.266 e. The summed E-state index contributed by atoms with van der Waals surface area (Å²) in [5.41, 5.74) is 5.01. The van der Waals surface area contributed by atoms with E-state index in [0.717, 1.165) is 12.8 Å². The third kappa shape index (κ3) is 3.23. The second-order valence-corrected chi connectivity index (χ2v) is 9.09. The molecule has 2 N–H and O–H groups in total. The van der Waals surface area contributed by atoms with Crippen molar-refractivity contribution in [2.75, 3.05) is 24.5 Å². The van der Waals surface area contributed by atoms with Crippen LogP contribution in [0, 0.1) is 21.8 Å². The van der Waals surface area contributed by atoms with Crippen LogP contribution in [0.4, 0.5) is 10.1 Å². The quantitative estimate of drug-likeness (QED) is 0.419. The summed E-state index contributed by atoms with van der Waals surface area (Å²) in [7, 11) is 0. The highest BCUT2D eigenvalue weighted by atomic mass is 35.5. The number of aromatic nitrogens is 1. The van der Waals surface area contributed by atoms with Gasteiger partial charge in [-0.2, -0.15) is 0 Å². The molecule has 32 heavy (non-hydrogen) atoms. The molecule has 1 aromatic carbocycles. The van der Waals surface area contributed by atoms with E-state index in [1.165, 1.54) is 12.3 Å². The van der Waals surface area contributed by atoms with Crippen molar-refractivity contribution in [3.8, 4) is 0 Å². The van der Waals surface area contributed by atoms with E-state index in [2.05, 4.69) is 0 Å². The number of halogens is 2. The highest BCUT2D eigenvalue weighted by Crippen LogP contribution is 2.43. The van der Waals surface area contributed by atoms with Gasteiger partial charge in [0.25, 0.3) is 6.54 Å². The summed E-state index contributed by atoms with van der Waals surface area (Å²) >= 11 is 6.47. The minimum atomic E-state index is -1.01. The van der Waals surface area contributed by atoms with Crippen LogP contribution in [-0.4, -0.2) is 40.4 Å². The van der Waals surface area contributed by atoms with Crippen LogP contribution in [0.5, 0.6) is 0 Å². The van der Waals surface area contributed by atoms with Crippen LogP contribution in [0.25, 0.3) is 10.9 Å². The molecule has 0 radical (unpaired) electrons. The summed E-state index contributed by atoms with van der Waals surface area (Å²) < 4.78 is 17.6. The van der Waals surface area contributed by atoms with Crippen molar-refractivity contribution in [2.24, 2.45) is 11.7 Å². The first-order chi connectivity index (χ1) is 15.2. The van der Waals surface area contributed by atoms with Crippen LogP contribution in [0.15, 0.2) is 41.4 Å². The molecule has 0 bridgehead atoms. The first-order valence-electron chi connectivity index (χ1n) is 10.3. The number of hydrogen-bond acceptors (Lipinski definition) is 6. The molecule has 2 aromatic rings. The maximum absolute atomic E-state index is 16.0. The average molecular weight is 459 g/mol. The van der Waals surface area contributed by atoms with Gasteiger partial charge in [0, 0.05) is 36.2 Å². The zero-order valence-electron chi connectivity index (χ0n) is 17.0. The molecule has 8 nitrogen and oxygen atoms in total. The number of ketones is 1.